The van der Waals surface area contributed by atoms with Gasteiger partial charge >= 0.3 is 5.97 Å². The molecule has 0 bridgehead atoms. The molecule has 0 aliphatic rings. The van der Waals surface area contributed by atoms with Crippen molar-refractivity contribution in [3.8, 4) is 0 Å². The van der Waals surface area contributed by atoms with Crippen LogP contribution in [0.2, 0.25) is 0 Å². The van der Waals surface area contributed by atoms with Gasteiger partial charge in [-0.15, -0.1) is 11.8 Å². The van der Waals surface area contributed by atoms with E-state index in [1.54, 1.807) is 12.1 Å². The monoisotopic (exact) mass is 286 g/mol. The molecule has 3 nitrogen and oxygen atoms in total. The van der Waals surface area contributed by atoms with Crippen molar-refractivity contribution in [1.82, 2.24) is 0 Å². The maximum absolute atomic E-state index is 12.0. The normalized spacial score (nSPS) is 10.2. The lowest BCUT2D eigenvalue weighted by atomic mass is 10.1. The Labute approximate surface area is 121 Å². The molecular formula is C16H14O3S. The van der Waals surface area contributed by atoms with Crippen LogP contribution in [0.3, 0.4) is 0 Å². The van der Waals surface area contributed by atoms with Gasteiger partial charge in [0.05, 0.1) is 11.3 Å². The predicted octanol–water partition coefficient (Wildman–Crippen LogP) is 3.67. The molecule has 2 rings (SSSR count). The first-order chi connectivity index (χ1) is 9.58. The lowest BCUT2D eigenvalue weighted by Crippen LogP contribution is -2.04. The van der Waals surface area contributed by atoms with Gasteiger partial charge < -0.3 is 5.11 Å². The predicted molar refractivity (Wildman–Crippen MR) is 79.6 cm³/mol. The van der Waals surface area contributed by atoms with E-state index in [1.807, 2.05) is 31.2 Å². The number of Topliss-reactive ketones (excluding diaryl/α,β-unsaturated/α-hetero) is 1. The van der Waals surface area contributed by atoms with Crippen LogP contribution in [0.1, 0.15) is 26.3 Å². The Morgan fingerprint density at radius 1 is 1.00 bits per heavy atom. The third-order valence-corrected chi connectivity index (χ3v) is 4.08. The van der Waals surface area contributed by atoms with Crippen molar-refractivity contribution in [2.24, 2.45) is 0 Å². The van der Waals surface area contributed by atoms with Gasteiger partial charge in [0.25, 0.3) is 0 Å². The zero-order valence-corrected chi connectivity index (χ0v) is 11.8. The third kappa shape index (κ3) is 3.48. The average molecular weight is 286 g/mol. The third-order valence-electron chi connectivity index (χ3n) is 2.91. The second-order valence-electron chi connectivity index (χ2n) is 4.36. The molecule has 0 saturated carbocycles. The van der Waals surface area contributed by atoms with E-state index in [-0.39, 0.29) is 11.3 Å². The molecule has 0 atom stereocenters. The Hall–Kier alpha value is -2.07. The van der Waals surface area contributed by atoms with Crippen LogP contribution in [0.4, 0.5) is 0 Å². The van der Waals surface area contributed by atoms with E-state index in [1.165, 1.54) is 23.9 Å². The number of carboxylic acid groups (broad SMARTS) is 1. The van der Waals surface area contributed by atoms with Crippen LogP contribution in [0.15, 0.2) is 53.4 Å². The molecular weight excluding hydrogens is 272 g/mol. The summed E-state index contributed by atoms with van der Waals surface area (Å²) in [6.45, 7) is 2.01. The molecule has 0 aliphatic heterocycles. The van der Waals surface area contributed by atoms with E-state index in [0.29, 0.717) is 11.3 Å². The SMILES string of the molecule is Cc1ccccc1SCC(=O)c1ccc(C(=O)O)cc1. The highest BCUT2D eigenvalue weighted by atomic mass is 32.2. The van der Waals surface area contributed by atoms with E-state index >= 15 is 0 Å². The number of ketones is 1. The largest absolute Gasteiger partial charge is 0.478 e. The maximum atomic E-state index is 12.0. The number of benzene rings is 2. The molecule has 0 aromatic heterocycles. The highest BCUT2D eigenvalue weighted by molar-refractivity contribution is 8.00. The number of carboxylic acids is 1. The van der Waals surface area contributed by atoms with Crippen molar-refractivity contribution < 1.29 is 14.7 Å². The molecule has 0 saturated heterocycles. The van der Waals surface area contributed by atoms with Crippen LogP contribution in [0.5, 0.6) is 0 Å². The van der Waals surface area contributed by atoms with Crippen LogP contribution in [-0.2, 0) is 0 Å². The number of carbonyl (C=O) groups is 2. The zero-order chi connectivity index (χ0) is 14.5. The molecule has 0 amide bonds. The van der Waals surface area contributed by atoms with Crippen molar-refractivity contribution in [3.63, 3.8) is 0 Å². The maximum Gasteiger partial charge on any atom is 0.335 e. The number of thioether (sulfide) groups is 1. The Morgan fingerprint density at radius 2 is 1.60 bits per heavy atom. The quantitative estimate of drug-likeness (QED) is 0.673. The summed E-state index contributed by atoms with van der Waals surface area (Å²) in [4.78, 5) is 23.9. The van der Waals surface area contributed by atoms with Gasteiger partial charge in [0.1, 0.15) is 0 Å². The smallest absolute Gasteiger partial charge is 0.335 e. The van der Waals surface area contributed by atoms with E-state index in [0.717, 1.165) is 10.5 Å². The number of carbonyl (C=O) groups excluding carboxylic acids is 1. The standard InChI is InChI=1S/C16H14O3S/c1-11-4-2-3-5-15(11)20-10-14(17)12-6-8-13(9-7-12)16(18)19/h2-9H,10H2,1H3,(H,18,19). The first-order valence-corrected chi connectivity index (χ1v) is 7.11. The van der Waals surface area contributed by atoms with Crippen LogP contribution < -0.4 is 0 Å². The minimum Gasteiger partial charge on any atom is -0.478 e. The fraction of sp³-hybridized carbons (Fsp3) is 0.125. The molecule has 0 unspecified atom stereocenters. The van der Waals surface area contributed by atoms with E-state index < -0.39 is 5.97 Å². The van der Waals surface area contributed by atoms with E-state index in [9.17, 15) is 9.59 Å². The topological polar surface area (TPSA) is 54.4 Å². The molecule has 102 valence electrons. The first-order valence-electron chi connectivity index (χ1n) is 6.13. The molecule has 0 heterocycles. The van der Waals surface area contributed by atoms with Crippen molar-refractivity contribution >= 4 is 23.5 Å². The van der Waals surface area contributed by atoms with E-state index in [4.69, 9.17) is 5.11 Å². The Balaban J connectivity index is 2.02. The Bertz CT molecular complexity index is 632. The summed E-state index contributed by atoms with van der Waals surface area (Å²) < 4.78 is 0. The van der Waals surface area contributed by atoms with Crippen LogP contribution in [-0.4, -0.2) is 22.6 Å². The van der Waals surface area contributed by atoms with Crippen molar-refractivity contribution in [2.45, 2.75) is 11.8 Å². The highest BCUT2D eigenvalue weighted by Crippen LogP contribution is 2.22. The molecule has 0 fully saturated rings. The second-order valence-corrected chi connectivity index (χ2v) is 5.38. The second kappa shape index (κ2) is 6.39. The lowest BCUT2D eigenvalue weighted by Gasteiger charge is -2.05. The number of hydrogen-bond donors (Lipinski definition) is 1. The summed E-state index contributed by atoms with van der Waals surface area (Å²) in [5.41, 5.74) is 1.87. The fourth-order valence-corrected chi connectivity index (χ4v) is 2.67. The Morgan fingerprint density at radius 3 is 2.20 bits per heavy atom. The van der Waals surface area contributed by atoms with Crippen molar-refractivity contribution in [2.75, 3.05) is 5.75 Å². The molecule has 1 N–H and O–H groups in total. The Kier molecular flexibility index (Phi) is 4.58. The number of aryl methyl sites for hydroxylation is 1. The van der Waals surface area contributed by atoms with Crippen LogP contribution in [0.25, 0.3) is 0 Å². The molecule has 2 aromatic rings. The minimum absolute atomic E-state index is 0.00445. The van der Waals surface area contributed by atoms with Gasteiger partial charge in [-0.1, -0.05) is 30.3 Å². The molecule has 20 heavy (non-hydrogen) atoms. The summed E-state index contributed by atoms with van der Waals surface area (Å²) in [6.07, 6.45) is 0. The zero-order valence-electron chi connectivity index (χ0n) is 11.0. The molecule has 0 aliphatic carbocycles. The lowest BCUT2D eigenvalue weighted by molar-refractivity contribution is 0.0696. The molecule has 0 spiro atoms. The van der Waals surface area contributed by atoms with Crippen LogP contribution >= 0.6 is 11.8 Å². The number of aromatic carboxylic acids is 1. The summed E-state index contributed by atoms with van der Waals surface area (Å²) in [7, 11) is 0. The summed E-state index contributed by atoms with van der Waals surface area (Å²) in [5, 5.41) is 8.81. The average Bonchev–Trinajstić information content (AvgIpc) is 2.46. The van der Waals surface area contributed by atoms with Crippen molar-refractivity contribution in [1.29, 1.82) is 0 Å². The van der Waals surface area contributed by atoms with Crippen LogP contribution in [0, 0.1) is 6.92 Å². The first kappa shape index (κ1) is 14.3. The van der Waals surface area contributed by atoms with Gasteiger partial charge in [-0.3, -0.25) is 4.79 Å². The number of rotatable bonds is 5. The minimum atomic E-state index is -0.988. The molecule has 0 radical (unpaired) electrons. The fourth-order valence-electron chi connectivity index (χ4n) is 1.74. The summed E-state index contributed by atoms with van der Waals surface area (Å²) >= 11 is 1.49. The molecule has 4 heteroatoms. The van der Waals surface area contributed by atoms with Crippen molar-refractivity contribution in [3.05, 3.63) is 65.2 Å². The van der Waals surface area contributed by atoms with Gasteiger partial charge in [0, 0.05) is 10.5 Å². The van der Waals surface area contributed by atoms with Gasteiger partial charge in [0.2, 0.25) is 0 Å². The van der Waals surface area contributed by atoms with Gasteiger partial charge in [-0.05, 0) is 30.7 Å². The van der Waals surface area contributed by atoms with Gasteiger partial charge in [-0.2, -0.15) is 0 Å². The van der Waals surface area contributed by atoms with E-state index in [2.05, 4.69) is 0 Å². The van der Waals surface area contributed by atoms with Gasteiger partial charge in [0.15, 0.2) is 5.78 Å². The summed E-state index contributed by atoms with van der Waals surface area (Å²) in [6, 6.07) is 13.9. The highest BCUT2D eigenvalue weighted by Gasteiger charge is 2.09. The summed E-state index contributed by atoms with van der Waals surface area (Å²) in [5.74, 6) is -0.648. The van der Waals surface area contributed by atoms with Gasteiger partial charge in [-0.25, -0.2) is 4.79 Å². The molecule has 2 aromatic carbocycles. The number of hydrogen-bond acceptors (Lipinski definition) is 3.